The molecule has 19 heavy (non-hydrogen) atoms. The second-order valence-corrected chi connectivity index (χ2v) is 4.83. The Bertz CT molecular complexity index is 593. The Balaban J connectivity index is 2.17. The normalized spacial score (nSPS) is 10.7. The number of carbonyl (C=O) groups excluding carboxylic acids is 1. The molecule has 2 rings (SSSR count). The Morgan fingerprint density at radius 2 is 1.84 bits per heavy atom. The molecular weight excluding hydrogens is 264 g/mol. The summed E-state index contributed by atoms with van der Waals surface area (Å²) < 4.78 is 10.5. The van der Waals surface area contributed by atoms with E-state index in [1.165, 1.54) is 0 Å². The van der Waals surface area contributed by atoms with Crippen LogP contribution in [0.2, 0.25) is 5.02 Å². The summed E-state index contributed by atoms with van der Waals surface area (Å²) in [6.45, 7) is 3.50. The first-order valence-corrected chi connectivity index (χ1v) is 6.45. The highest BCUT2D eigenvalue weighted by molar-refractivity contribution is 6.35. The third kappa shape index (κ3) is 3.38. The summed E-state index contributed by atoms with van der Waals surface area (Å²) in [6.07, 6.45) is -0.141. The number of benzene rings is 2. The molecule has 0 aliphatic heterocycles. The maximum Gasteiger partial charge on any atom is 0.344 e. The number of esters is 1. The SMILES string of the molecule is CC(C)OC(=O)COc1ccc(Cl)c2ccccc12. The zero-order valence-electron chi connectivity index (χ0n) is 10.9. The van der Waals surface area contributed by atoms with Gasteiger partial charge in [-0.3, -0.25) is 0 Å². The second kappa shape index (κ2) is 5.93. The van der Waals surface area contributed by atoms with E-state index in [-0.39, 0.29) is 18.7 Å². The standard InChI is InChI=1S/C15H15ClO3/c1-10(2)19-15(17)9-18-14-8-7-13(16)11-5-3-4-6-12(11)14/h3-8,10H,9H2,1-2H3. The van der Waals surface area contributed by atoms with Gasteiger partial charge in [-0.05, 0) is 26.0 Å². The van der Waals surface area contributed by atoms with Gasteiger partial charge < -0.3 is 9.47 Å². The molecule has 0 saturated heterocycles. The van der Waals surface area contributed by atoms with Crippen LogP contribution in [0.3, 0.4) is 0 Å². The molecule has 2 aromatic rings. The van der Waals surface area contributed by atoms with Crippen LogP contribution < -0.4 is 4.74 Å². The van der Waals surface area contributed by atoms with Gasteiger partial charge in [-0.2, -0.15) is 0 Å². The van der Waals surface area contributed by atoms with Gasteiger partial charge in [0.1, 0.15) is 5.75 Å². The zero-order chi connectivity index (χ0) is 13.8. The molecule has 0 N–H and O–H groups in total. The van der Waals surface area contributed by atoms with Crippen LogP contribution in [-0.2, 0) is 9.53 Å². The largest absolute Gasteiger partial charge is 0.481 e. The number of hydrogen-bond acceptors (Lipinski definition) is 3. The summed E-state index contributed by atoms with van der Waals surface area (Å²) >= 11 is 6.11. The summed E-state index contributed by atoms with van der Waals surface area (Å²) in [5.41, 5.74) is 0. The van der Waals surface area contributed by atoms with E-state index in [1.54, 1.807) is 26.0 Å². The molecule has 0 atom stereocenters. The highest BCUT2D eigenvalue weighted by atomic mass is 35.5. The van der Waals surface area contributed by atoms with Gasteiger partial charge in [0, 0.05) is 15.8 Å². The minimum atomic E-state index is -0.381. The number of carbonyl (C=O) groups is 1. The zero-order valence-corrected chi connectivity index (χ0v) is 11.6. The van der Waals surface area contributed by atoms with Gasteiger partial charge >= 0.3 is 5.97 Å². The lowest BCUT2D eigenvalue weighted by Crippen LogP contribution is -2.18. The summed E-state index contributed by atoms with van der Waals surface area (Å²) in [7, 11) is 0. The molecular formula is C15H15ClO3. The van der Waals surface area contributed by atoms with Crippen LogP contribution in [0.4, 0.5) is 0 Å². The molecule has 0 aromatic heterocycles. The average molecular weight is 279 g/mol. The summed E-state index contributed by atoms with van der Waals surface area (Å²) in [4.78, 5) is 11.5. The van der Waals surface area contributed by atoms with Crippen LogP contribution in [0.1, 0.15) is 13.8 Å². The molecule has 0 spiro atoms. The lowest BCUT2D eigenvalue weighted by atomic mass is 10.1. The first-order valence-electron chi connectivity index (χ1n) is 6.07. The monoisotopic (exact) mass is 278 g/mol. The highest BCUT2D eigenvalue weighted by Crippen LogP contribution is 2.31. The van der Waals surface area contributed by atoms with Crippen molar-refractivity contribution in [2.24, 2.45) is 0 Å². The van der Waals surface area contributed by atoms with Crippen molar-refractivity contribution in [3.63, 3.8) is 0 Å². The fraction of sp³-hybridized carbons (Fsp3) is 0.267. The van der Waals surface area contributed by atoms with Crippen LogP contribution in [0.15, 0.2) is 36.4 Å². The summed E-state index contributed by atoms with van der Waals surface area (Å²) in [5.74, 6) is 0.245. The van der Waals surface area contributed by atoms with Crippen molar-refractivity contribution in [2.45, 2.75) is 20.0 Å². The summed E-state index contributed by atoms with van der Waals surface area (Å²) in [5, 5.41) is 2.44. The van der Waals surface area contributed by atoms with E-state index >= 15 is 0 Å². The van der Waals surface area contributed by atoms with E-state index in [1.807, 2.05) is 24.3 Å². The average Bonchev–Trinajstić information content (AvgIpc) is 2.37. The lowest BCUT2D eigenvalue weighted by Gasteiger charge is -2.11. The Labute approximate surface area is 117 Å². The maximum atomic E-state index is 11.5. The van der Waals surface area contributed by atoms with E-state index in [2.05, 4.69) is 0 Å². The molecule has 0 radical (unpaired) electrons. The Morgan fingerprint density at radius 3 is 2.53 bits per heavy atom. The molecule has 0 bridgehead atoms. The minimum absolute atomic E-state index is 0.107. The van der Waals surface area contributed by atoms with E-state index in [9.17, 15) is 4.79 Å². The van der Waals surface area contributed by atoms with Gasteiger partial charge in [0.25, 0.3) is 0 Å². The van der Waals surface area contributed by atoms with Crippen LogP contribution in [0.25, 0.3) is 10.8 Å². The number of ether oxygens (including phenoxy) is 2. The van der Waals surface area contributed by atoms with E-state index < -0.39 is 0 Å². The summed E-state index contributed by atoms with van der Waals surface area (Å²) in [6, 6.07) is 11.1. The van der Waals surface area contributed by atoms with Crippen molar-refractivity contribution in [1.29, 1.82) is 0 Å². The number of halogens is 1. The highest BCUT2D eigenvalue weighted by Gasteiger charge is 2.09. The third-order valence-electron chi connectivity index (χ3n) is 2.54. The van der Waals surface area contributed by atoms with E-state index in [0.717, 1.165) is 10.8 Å². The molecule has 0 unspecified atom stereocenters. The van der Waals surface area contributed by atoms with Crippen molar-refractivity contribution in [3.05, 3.63) is 41.4 Å². The van der Waals surface area contributed by atoms with Crippen molar-refractivity contribution >= 4 is 28.3 Å². The molecule has 100 valence electrons. The first-order chi connectivity index (χ1) is 9.08. The molecule has 0 heterocycles. The Hall–Kier alpha value is -1.74. The Morgan fingerprint density at radius 1 is 1.16 bits per heavy atom. The number of hydrogen-bond donors (Lipinski definition) is 0. The predicted octanol–water partition coefficient (Wildman–Crippen LogP) is 3.82. The van der Waals surface area contributed by atoms with E-state index in [0.29, 0.717) is 10.8 Å². The molecule has 2 aromatic carbocycles. The molecule has 3 nitrogen and oxygen atoms in total. The van der Waals surface area contributed by atoms with Gasteiger partial charge in [-0.15, -0.1) is 0 Å². The predicted molar refractivity (Wildman–Crippen MR) is 75.7 cm³/mol. The topological polar surface area (TPSA) is 35.5 Å². The van der Waals surface area contributed by atoms with Crippen LogP contribution in [0, 0.1) is 0 Å². The van der Waals surface area contributed by atoms with Crippen LogP contribution in [-0.4, -0.2) is 18.7 Å². The fourth-order valence-corrected chi connectivity index (χ4v) is 2.02. The van der Waals surface area contributed by atoms with Gasteiger partial charge in [0.15, 0.2) is 6.61 Å². The minimum Gasteiger partial charge on any atom is -0.481 e. The van der Waals surface area contributed by atoms with Crippen molar-refractivity contribution < 1.29 is 14.3 Å². The lowest BCUT2D eigenvalue weighted by molar-refractivity contribution is -0.149. The van der Waals surface area contributed by atoms with Gasteiger partial charge in [0.2, 0.25) is 0 Å². The first kappa shape index (κ1) is 13.7. The molecule has 0 fully saturated rings. The van der Waals surface area contributed by atoms with Crippen molar-refractivity contribution in [1.82, 2.24) is 0 Å². The van der Waals surface area contributed by atoms with Gasteiger partial charge in [-0.1, -0.05) is 35.9 Å². The van der Waals surface area contributed by atoms with Crippen molar-refractivity contribution in [2.75, 3.05) is 6.61 Å². The molecule has 0 amide bonds. The van der Waals surface area contributed by atoms with Crippen molar-refractivity contribution in [3.8, 4) is 5.75 Å². The fourth-order valence-electron chi connectivity index (χ4n) is 1.79. The maximum absolute atomic E-state index is 11.5. The van der Waals surface area contributed by atoms with Gasteiger partial charge in [0.05, 0.1) is 6.10 Å². The molecule has 0 aliphatic carbocycles. The van der Waals surface area contributed by atoms with E-state index in [4.69, 9.17) is 21.1 Å². The number of rotatable bonds is 4. The molecule has 0 saturated carbocycles. The van der Waals surface area contributed by atoms with Crippen LogP contribution >= 0.6 is 11.6 Å². The molecule has 0 aliphatic rings. The Kier molecular flexibility index (Phi) is 4.27. The number of fused-ring (bicyclic) bond motifs is 1. The molecule has 4 heteroatoms. The van der Waals surface area contributed by atoms with Gasteiger partial charge in [-0.25, -0.2) is 4.79 Å². The quantitative estimate of drug-likeness (QED) is 0.798. The van der Waals surface area contributed by atoms with Crippen LogP contribution in [0.5, 0.6) is 5.75 Å². The second-order valence-electron chi connectivity index (χ2n) is 4.42. The third-order valence-corrected chi connectivity index (χ3v) is 2.87. The smallest absolute Gasteiger partial charge is 0.344 e.